The number of amides is 1. The summed E-state index contributed by atoms with van der Waals surface area (Å²) < 4.78 is 7.08. The Morgan fingerprint density at radius 2 is 2.05 bits per heavy atom. The van der Waals surface area contributed by atoms with Gasteiger partial charge in [0, 0.05) is 30.3 Å². The summed E-state index contributed by atoms with van der Waals surface area (Å²) in [5.74, 6) is 0.391. The van der Waals surface area contributed by atoms with Crippen LogP contribution in [-0.4, -0.2) is 40.4 Å². The van der Waals surface area contributed by atoms with E-state index in [1.807, 2.05) is 12.1 Å². The third kappa shape index (κ3) is 2.85. The average Bonchev–Trinajstić information content (AvgIpc) is 3.18. The molecule has 0 saturated carbocycles. The number of aromatic nitrogens is 3. The third-order valence-corrected chi connectivity index (χ3v) is 3.42. The predicted molar refractivity (Wildman–Crippen MR) is 72.6 cm³/mol. The number of nitrogens with zero attached hydrogens (tertiary/aromatic N) is 3. The number of benzene rings is 1. The van der Waals surface area contributed by atoms with E-state index in [1.165, 1.54) is 0 Å². The molecule has 20 heavy (non-hydrogen) atoms. The van der Waals surface area contributed by atoms with Crippen molar-refractivity contribution in [1.29, 1.82) is 0 Å². The summed E-state index contributed by atoms with van der Waals surface area (Å²) in [5.41, 5.74) is 1.58. The van der Waals surface area contributed by atoms with E-state index in [-0.39, 0.29) is 5.91 Å². The van der Waals surface area contributed by atoms with Gasteiger partial charge in [-0.15, -0.1) is 10.2 Å². The van der Waals surface area contributed by atoms with Crippen molar-refractivity contribution in [2.24, 2.45) is 5.92 Å². The molecule has 1 aromatic heterocycles. The first-order chi connectivity index (χ1) is 9.83. The van der Waals surface area contributed by atoms with Crippen LogP contribution < -0.4 is 5.32 Å². The van der Waals surface area contributed by atoms with Crippen LogP contribution in [0.5, 0.6) is 0 Å². The maximum absolute atomic E-state index is 12.0. The van der Waals surface area contributed by atoms with Crippen molar-refractivity contribution in [3.63, 3.8) is 0 Å². The molecule has 3 rings (SSSR count). The summed E-state index contributed by atoms with van der Waals surface area (Å²) in [6.07, 6.45) is 4.26. The van der Waals surface area contributed by atoms with E-state index < -0.39 is 0 Å². The number of carbonyl (C=O) groups is 1. The molecule has 1 aromatic carbocycles. The summed E-state index contributed by atoms with van der Waals surface area (Å²) >= 11 is 0. The lowest BCUT2D eigenvalue weighted by molar-refractivity contribution is 0.0945. The number of rotatable bonds is 4. The zero-order valence-corrected chi connectivity index (χ0v) is 11.0. The van der Waals surface area contributed by atoms with E-state index in [9.17, 15) is 4.79 Å². The molecule has 0 radical (unpaired) electrons. The van der Waals surface area contributed by atoms with Crippen LogP contribution in [0.15, 0.2) is 36.9 Å². The number of ether oxygens (including phenoxy) is 1. The molecule has 1 aliphatic rings. The molecule has 0 bridgehead atoms. The Labute approximate surface area is 116 Å². The average molecular weight is 272 g/mol. The highest BCUT2D eigenvalue weighted by Crippen LogP contribution is 2.12. The van der Waals surface area contributed by atoms with Crippen LogP contribution in [0.25, 0.3) is 5.69 Å². The lowest BCUT2D eigenvalue weighted by Crippen LogP contribution is -2.29. The van der Waals surface area contributed by atoms with E-state index >= 15 is 0 Å². The standard InChI is InChI=1S/C14H16N4O2/c19-14(15-7-11-5-6-20-8-11)12-1-3-13(4-2-12)18-9-16-17-10-18/h1-4,9-11H,5-8H2,(H,15,19). The summed E-state index contributed by atoms with van der Waals surface area (Å²) in [6, 6.07) is 7.35. The number of nitrogens with one attached hydrogen (secondary N) is 1. The second kappa shape index (κ2) is 5.83. The Bertz CT molecular complexity index is 559. The first-order valence-corrected chi connectivity index (χ1v) is 6.64. The molecule has 0 aliphatic carbocycles. The zero-order chi connectivity index (χ0) is 13.8. The van der Waals surface area contributed by atoms with Crippen molar-refractivity contribution in [3.8, 4) is 5.69 Å². The second-order valence-corrected chi connectivity index (χ2v) is 4.86. The first kappa shape index (κ1) is 12.8. The molecule has 1 aliphatic heterocycles. The van der Waals surface area contributed by atoms with E-state index in [2.05, 4.69) is 15.5 Å². The third-order valence-electron chi connectivity index (χ3n) is 3.42. The zero-order valence-electron chi connectivity index (χ0n) is 11.0. The van der Waals surface area contributed by atoms with Gasteiger partial charge in [-0.25, -0.2) is 0 Å². The number of carbonyl (C=O) groups excluding carboxylic acids is 1. The smallest absolute Gasteiger partial charge is 0.251 e. The fourth-order valence-electron chi connectivity index (χ4n) is 2.20. The summed E-state index contributed by atoms with van der Waals surface area (Å²) in [5, 5.41) is 10.4. The number of hydrogen-bond acceptors (Lipinski definition) is 4. The van der Waals surface area contributed by atoms with Crippen LogP contribution in [0, 0.1) is 5.92 Å². The second-order valence-electron chi connectivity index (χ2n) is 4.86. The highest BCUT2D eigenvalue weighted by molar-refractivity contribution is 5.94. The Kier molecular flexibility index (Phi) is 3.73. The highest BCUT2D eigenvalue weighted by atomic mass is 16.5. The van der Waals surface area contributed by atoms with E-state index in [0.717, 1.165) is 25.3 Å². The van der Waals surface area contributed by atoms with Crippen molar-refractivity contribution >= 4 is 5.91 Å². The summed E-state index contributed by atoms with van der Waals surface area (Å²) in [7, 11) is 0. The van der Waals surface area contributed by atoms with Gasteiger partial charge >= 0.3 is 0 Å². The van der Waals surface area contributed by atoms with Gasteiger partial charge in [-0.05, 0) is 30.7 Å². The molecular weight excluding hydrogens is 256 g/mol. The predicted octanol–water partition coefficient (Wildman–Crippen LogP) is 1.03. The molecule has 1 unspecified atom stereocenters. The van der Waals surface area contributed by atoms with Crippen LogP contribution in [0.1, 0.15) is 16.8 Å². The van der Waals surface area contributed by atoms with Crippen LogP contribution in [0.3, 0.4) is 0 Å². The number of hydrogen-bond donors (Lipinski definition) is 1. The molecule has 1 N–H and O–H groups in total. The monoisotopic (exact) mass is 272 g/mol. The molecule has 104 valence electrons. The van der Waals surface area contributed by atoms with Gasteiger partial charge in [0.25, 0.3) is 5.91 Å². The van der Waals surface area contributed by atoms with Gasteiger partial charge in [0.2, 0.25) is 0 Å². The fraction of sp³-hybridized carbons (Fsp3) is 0.357. The minimum absolute atomic E-state index is 0.0489. The molecule has 1 amide bonds. The van der Waals surface area contributed by atoms with E-state index in [4.69, 9.17) is 4.74 Å². The fourth-order valence-corrected chi connectivity index (χ4v) is 2.20. The largest absolute Gasteiger partial charge is 0.381 e. The van der Waals surface area contributed by atoms with Crippen molar-refractivity contribution in [3.05, 3.63) is 42.5 Å². The molecule has 2 aromatic rings. The minimum Gasteiger partial charge on any atom is -0.381 e. The molecule has 1 saturated heterocycles. The van der Waals surface area contributed by atoms with Gasteiger partial charge in [-0.2, -0.15) is 0 Å². The lowest BCUT2D eigenvalue weighted by atomic mass is 10.1. The van der Waals surface area contributed by atoms with Gasteiger partial charge in [0.1, 0.15) is 12.7 Å². The SMILES string of the molecule is O=C(NCC1CCOC1)c1ccc(-n2cnnc2)cc1. The molecule has 1 fully saturated rings. The van der Waals surface area contributed by atoms with Crippen LogP contribution in [0.4, 0.5) is 0 Å². The van der Waals surface area contributed by atoms with Crippen molar-refractivity contribution < 1.29 is 9.53 Å². The molecule has 0 spiro atoms. The van der Waals surface area contributed by atoms with Crippen LogP contribution in [-0.2, 0) is 4.74 Å². The highest BCUT2D eigenvalue weighted by Gasteiger charge is 2.16. The molecule has 6 heteroatoms. The Hall–Kier alpha value is -2.21. The molecule has 2 heterocycles. The maximum atomic E-state index is 12.0. The minimum atomic E-state index is -0.0489. The van der Waals surface area contributed by atoms with Crippen LogP contribution in [0.2, 0.25) is 0 Å². The van der Waals surface area contributed by atoms with Gasteiger partial charge < -0.3 is 10.1 Å². The van der Waals surface area contributed by atoms with Crippen molar-refractivity contribution in [2.45, 2.75) is 6.42 Å². The van der Waals surface area contributed by atoms with Gasteiger partial charge in [-0.1, -0.05) is 0 Å². The Balaban J connectivity index is 1.60. The quantitative estimate of drug-likeness (QED) is 0.902. The van der Waals surface area contributed by atoms with E-state index in [1.54, 1.807) is 29.4 Å². The lowest BCUT2D eigenvalue weighted by Gasteiger charge is -2.10. The van der Waals surface area contributed by atoms with Gasteiger partial charge in [0.15, 0.2) is 0 Å². The molecule has 1 atom stereocenters. The maximum Gasteiger partial charge on any atom is 0.251 e. The Morgan fingerprint density at radius 1 is 1.30 bits per heavy atom. The van der Waals surface area contributed by atoms with E-state index in [0.29, 0.717) is 18.0 Å². The Morgan fingerprint density at radius 3 is 2.70 bits per heavy atom. The van der Waals surface area contributed by atoms with Gasteiger partial charge in [0.05, 0.1) is 6.61 Å². The first-order valence-electron chi connectivity index (χ1n) is 6.64. The van der Waals surface area contributed by atoms with Crippen LogP contribution >= 0.6 is 0 Å². The summed E-state index contributed by atoms with van der Waals surface area (Å²) in [6.45, 7) is 2.22. The van der Waals surface area contributed by atoms with Crippen molar-refractivity contribution in [2.75, 3.05) is 19.8 Å². The topological polar surface area (TPSA) is 69.0 Å². The van der Waals surface area contributed by atoms with Crippen molar-refractivity contribution in [1.82, 2.24) is 20.1 Å². The molecular formula is C14H16N4O2. The summed E-state index contributed by atoms with van der Waals surface area (Å²) in [4.78, 5) is 12.0. The van der Waals surface area contributed by atoms with Gasteiger partial charge in [-0.3, -0.25) is 9.36 Å². The normalized spacial score (nSPS) is 18.1. The molecule has 6 nitrogen and oxygen atoms in total.